The third kappa shape index (κ3) is 1.78. The van der Waals surface area contributed by atoms with Crippen LogP contribution in [-0.2, 0) is 28.7 Å². The fourth-order valence-corrected chi connectivity index (χ4v) is 3.18. The molecule has 19 heavy (non-hydrogen) atoms. The second-order valence-electron chi connectivity index (χ2n) is 5.24. The predicted molar refractivity (Wildman–Crippen MR) is 59.1 cm³/mol. The Bertz CT molecular complexity index is 531. The van der Waals surface area contributed by atoms with Crippen LogP contribution < -0.4 is 0 Å². The molecule has 4 atom stereocenters. The van der Waals surface area contributed by atoms with Gasteiger partial charge in [0.15, 0.2) is 0 Å². The minimum absolute atomic E-state index is 0.0354. The molecule has 0 saturated carbocycles. The highest BCUT2D eigenvalue weighted by atomic mass is 16.6. The number of hydrogen-bond acceptors (Lipinski definition) is 6. The third-order valence-electron chi connectivity index (χ3n) is 4.07. The summed E-state index contributed by atoms with van der Waals surface area (Å²) in [6.07, 6.45) is 2.18. The van der Waals surface area contributed by atoms with Crippen LogP contribution in [0.3, 0.4) is 0 Å². The quantitative estimate of drug-likeness (QED) is 0.386. The molecule has 2 fully saturated rings. The summed E-state index contributed by atoms with van der Waals surface area (Å²) in [6.45, 7) is 1.74. The van der Waals surface area contributed by atoms with E-state index >= 15 is 0 Å². The molecule has 0 unspecified atom stereocenters. The van der Waals surface area contributed by atoms with Crippen molar-refractivity contribution >= 4 is 23.9 Å². The molecular formula is C13H12O6. The lowest BCUT2D eigenvalue weighted by atomic mass is 9.72. The summed E-state index contributed by atoms with van der Waals surface area (Å²) in [7, 11) is 0. The van der Waals surface area contributed by atoms with E-state index in [-0.39, 0.29) is 12.3 Å². The van der Waals surface area contributed by atoms with Gasteiger partial charge in [0.25, 0.3) is 0 Å². The molecule has 0 aromatic heterocycles. The Balaban J connectivity index is 1.89. The van der Waals surface area contributed by atoms with E-state index in [9.17, 15) is 19.2 Å². The van der Waals surface area contributed by atoms with E-state index in [1.807, 2.05) is 0 Å². The summed E-state index contributed by atoms with van der Waals surface area (Å²) >= 11 is 0. The van der Waals surface area contributed by atoms with Crippen LogP contribution in [0.1, 0.15) is 19.8 Å². The summed E-state index contributed by atoms with van der Waals surface area (Å²) in [4.78, 5) is 45.9. The van der Waals surface area contributed by atoms with Gasteiger partial charge in [-0.3, -0.25) is 19.2 Å². The van der Waals surface area contributed by atoms with Crippen molar-refractivity contribution in [2.24, 2.45) is 23.7 Å². The highest BCUT2D eigenvalue weighted by molar-refractivity contribution is 5.99. The number of esters is 4. The topological polar surface area (TPSA) is 86.7 Å². The Labute approximate surface area is 108 Å². The van der Waals surface area contributed by atoms with Crippen molar-refractivity contribution in [2.45, 2.75) is 19.8 Å². The number of rotatable bonds is 1. The number of carbonyl (C=O) groups excluding carboxylic acids is 4. The van der Waals surface area contributed by atoms with Gasteiger partial charge in [0.05, 0.1) is 24.2 Å². The fourth-order valence-electron chi connectivity index (χ4n) is 3.18. The fraction of sp³-hybridized carbons (Fsp3) is 0.538. The van der Waals surface area contributed by atoms with Crippen LogP contribution in [0.4, 0.5) is 0 Å². The minimum Gasteiger partial charge on any atom is -0.393 e. The van der Waals surface area contributed by atoms with Gasteiger partial charge in [-0.15, -0.1) is 0 Å². The first-order valence-electron chi connectivity index (χ1n) is 6.15. The molecule has 2 aliphatic heterocycles. The van der Waals surface area contributed by atoms with E-state index in [4.69, 9.17) is 0 Å². The van der Waals surface area contributed by atoms with Crippen LogP contribution in [0.15, 0.2) is 11.6 Å². The molecule has 1 aliphatic carbocycles. The Hall–Kier alpha value is -1.98. The molecule has 0 radical (unpaired) electrons. The molecule has 3 rings (SSSR count). The second kappa shape index (κ2) is 4.01. The number of ether oxygens (including phenoxy) is 2. The summed E-state index contributed by atoms with van der Waals surface area (Å²) in [5, 5.41) is 0. The van der Waals surface area contributed by atoms with E-state index in [1.54, 1.807) is 13.0 Å². The first-order valence-corrected chi connectivity index (χ1v) is 6.15. The van der Waals surface area contributed by atoms with Gasteiger partial charge in [-0.05, 0) is 19.3 Å². The van der Waals surface area contributed by atoms with Crippen molar-refractivity contribution in [3.05, 3.63) is 11.6 Å². The van der Waals surface area contributed by atoms with Gasteiger partial charge in [-0.2, -0.15) is 0 Å². The molecular weight excluding hydrogens is 252 g/mol. The molecule has 0 amide bonds. The zero-order valence-electron chi connectivity index (χ0n) is 10.3. The molecule has 3 aliphatic rings. The molecule has 0 aromatic carbocycles. The van der Waals surface area contributed by atoms with Gasteiger partial charge in [0, 0.05) is 0 Å². The molecule has 2 heterocycles. The Morgan fingerprint density at radius 1 is 1.00 bits per heavy atom. The SMILES string of the molecule is CC1=C[C@H]([C@@H]2CC(=O)OC2=O)C[C@H]2C(=O)OC(=O)[C@@H]12. The van der Waals surface area contributed by atoms with Gasteiger partial charge < -0.3 is 9.47 Å². The van der Waals surface area contributed by atoms with E-state index in [2.05, 4.69) is 9.47 Å². The maximum Gasteiger partial charge on any atom is 0.321 e. The standard InChI is InChI=1S/C13H12O6/c1-5-2-6(7-4-9(14)18-11(7)15)3-8-10(5)13(17)19-12(8)16/h2,6-8,10H,3-4H2,1H3/t6-,7-,8+,10-/m0/s1. The molecule has 6 nitrogen and oxygen atoms in total. The zero-order chi connectivity index (χ0) is 13.7. The van der Waals surface area contributed by atoms with E-state index < -0.39 is 41.6 Å². The van der Waals surface area contributed by atoms with Crippen molar-refractivity contribution in [3.63, 3.8) is 0 Å². The molecule has 2 saturated heterocycles. The predicted octanol–water partition coefficient (Wildman–Crippen LogP) is 0.358. The summed E-state index contributed by atoms with van der Waals surface area (Å²) in [5.74, 6) is -4.01. The number of allylic oxidation sites excluding steroid dienone is 1. The van der Waals surface area contributed by atoms with E-state index in [0.29, 0.717) is 6.42 Å². The van der Waals surface area contributed by atoms with Crippen molar-refractivity contribution < 1.29 is 28.7 Å². The largest absolute Gasteiger partial charge is 0.393 e. The lowest BCUT2D eigenvalue weighted by Crippen LogP contribution is -2.31. The molecule has 6 heteroatoms. The summed E-state index contributed by atoms with van der Waals surface area (Å²) in [6, 6.07) is 0. The smallest absolute Gasteiger partial charge is 0.321 e. The monoisotopic (exact) mass is 264 g/mol. The molecule has 0 spiro atoms. The maximum absolute atomic E-state index is 11.6. The molecule has 0 aromatic rings. The van der Waals surface area contributed by atoms with Gasteiger partial charge in [-0.1, -0.05) is 11.6 Å². The lowest BCUT2D eigenvalue weighted by Gasteiger charge is -2.27. The maximum atomic E-state index is 11.6. The van der Waals surface area contributed by atoms with Crippen molar-refractivity contribution in [1.29, 1.82) is 0 Å². The third-order valence-corrected chi connectivity index (χ3v) is 4.07. The van der Waals surface area contributed by atoms with Crippen LogP contribution >= 0.6 is 0 Å². The first-order chi connectivity index (χ1) is 8.97. The van der Waals surface area contributed by atoms with Crippen LogP contribution in [0.5, 0.6) is 0 Å². The summed E-state index contributed by atoms with van der Waals surface area (Å²) < 4.78 is 9.17. The highest BCUT2D eigenvalue weighted by Crippen LogP contribution is 2.43. The second-order valence-corrected chi connectivity index (χ2v) is 5.24. The Morgan fingerprint density at radius 3 is 2.32 bits per heavy atom. The normalized spacial score (nSPS) is 37.8. The zero-order valence-corrected chi connectivity index (χ0v) is 10.3. The van der Waals surface area contributed by atoms with E-state index in [1.165, 1.54) is 0 Å². The number of fused-ring (bicyclic) bond motifs is 1. The van der Waals surface area contributed by atoms with Gasteiger partial charge in [0.2, 0.25) is 0 Å². The van der Waals surface area contributed by atoms with Crippen LogP contribution in [0.25, 0.3) is 0 Å². The van der Waals surface area contributed by atoms with Gasteiger partial charge in [-0.25, -0.2) is 0 Å². The van der Waals surface area contributed by atoms with Crippen molar-refractivity contribution in [2.75, 3.05) is 0 Å². The first kappa shape index (κ1) is 12.1. The lowest BCUT2D eigenvalue weighted by molar-refractivity contribution is -0.155. The Kier molecular flexibility index (Phi) is 2.55. The molecule has 0 bridgehead atoms. The van der Waals surface area contributed by atoms with E-state index in [0.717, 1.165) is 5.57 Å². The average molecular weight is 264 g/mol. The van der Waals surface area contributed by atoms with Crippen LogP contribution in [0, 0.1) is 23.7 Å². The number of hydrogen-bond donors (Lipinski definition) is 0. The summed E-state index contributed by atoms with van der Waals surface area (Å²) in [5.41, 5.74) is 0.726. The van der Waals surface area contributed by atoms with Crippen LogP contribution in [-0.4, -0.2) is 23.9 Å². The average Bonchev–Trinajstić information content (AvgIpc) is 2.80. The van der Waals surface area contributed by atoms with Gasteiger partial charge >= 0.3 is 23.9 Å². The highest BCUT2D eigenvalue weighted by Gasteiger charge is 2.51. The minimum atomic E-state index is -0.549. The number of cyclic esters (lactones) is 4. The van der Waals surface area contributed by atoms with Crippen molar-refractivity contribution in [1.82, 2.24) is 0 Å². The van der Waals surface area contributed by atoms with Crippen LogP contribution in [0.2, 0.25) is 0 Å². The molecule has 0 N–H and O–H groups in total. The molecule has 100 valence electrons. The number of carbonyl (C=O) groups is 4. The van der Waals surface area contributed by atoms with Gasteiger partial charge in [0.1, 0.15) is 0 Å². The Morgan fingerprint density at radius 2 is 1.68 bits per heavy atom. The van der Waals surface area contributed by atoms with Crippen molar-refractivity contribution in [3.8, 4) is 0 Å².